The van der Waals surface area contributed by atoms with Gasteiger partial charge in [-0.1, -0.05) is 22.0 Å². The molecule has 21 heavy (non-hydrogen) atoms. The van der Waals surface area contributed by atoms with Crippen LogP contribution in [0.3, 0.4) is 0 Å². The number of hydrogen-bond acceptors (Lipinski definition) is 5. The summed E-state index contributed by atoms with van der Waals surface area (Å²) in [5, 5.41) is 9.69. The standard InChI is InChI=1S/C13H7BrF2N2O2S/c14-7-3-4-9(19-13(15)16)8(6-7)11-17-18-12(20-11)10-2-1-5-21-10/h1-6,13H. The molecular weight excluding hydrogens is 366 g/mol. The van der Waals surface area contributed by atoms with E-state index in [4.69, 9.17) is 4.42 Å². The lowest BCUT2D eigenvalue weighted by Crippen LogP contribution is -2.03. The molecule has 0 saturated carbocycles. The number of halogens is 3. The second kappa shape index (κ2) is 5.90. The Bertz CT molecular complexity index is 746. The molecule has 108 valence electrons. The summed E-state index contributed by atoms with van der Waals surface area (Å²) < 4.78 is 35.6. The third-order valence-corrected chi connectivity index (χ3v) is 3.90. The number of alkyl halides is 2. The predicted molar refractivity (Wildman–Crippen MR) is 77.4 cm³/mol. The molecule has 0 aliphatic heterocycles. The van der Waals surface area contributed by atoms with E-state index in [1.165, 1.54) is 17.4 Å². The van der Waals surface area contributed by atoms with Crippen LogP contribution in [-0.4, -0.2) is 16.8 Å². The smallest absolute Gasteiger partial charge is 0.387 e. The van der Waals surface area contributed by atoms with Gasteiger partial charge in [-0.25, -0.2) is 0 Å². The number of benzene rings is 1. The van der Waals surface area contributed by atoms with E-state index >= 15 is 0 Å². The van der Waals surface area contributed by atoms with Crippen LogP contribution in [0.25, 0.3) is 22.2 Å². The van der Waals surface area contributed by atoms with E-state index in [2.05, 4.69) is 30.9 Å². The van der Waals surface area contributed by atoms with E-state index in [-0.39, 0.29) is 11.6 Å². The molecule has 0 spiro atoms. The van der Waals surface area contributed by atoms with Crippen LogP contribution in [0.15, 0.2) is 44.6 Å². The first kappa shape index (κ1) is 14.2. The molecule has 0 saturated heterocycles. The maximum absolute atomic E-state index is 12.4. The Kier molecular flexibility index (Phi) is 3.98. The van der Waals surface area contributed by atoms with Gasteiger partial charge >= 0.3 is 6.61 Å². The molecule has 2 aromatic heterocycles. The number of hydrogen-bond donors (Lipinski definition) is 0. The molecule has 0 aliphatic rings. The van der Waals surface area contributed by atoms with Crippen molar-refractivity contribution in [2.75, 3.05) is 0 Å². The van der Waals surface area contributed by atoms with Gasteiger partial charge in [0.2, 0.25) is 0 Å². The van der Waals surface area contributed by atoms with Crippen molar-refractivity contribution in [1.82, 2.24) is 10.2 Å². The minimum atomic E-state index is -2.93. The third-order valence-electron chi connectivity index (χ3n) is 2.55. The van der Waals surface area contributed by atoms with Crippen molar-refractivity contribution in [3.63, 3.8) is 0 Å². The number of ether oxygens (including phenoxy) is 1. The molecule has 0 atom stereocenters. The Morgan fingerprint density at radius 2 is 2.00 bits per heavy atom. The van der Waals surface area contributed by atoms with E-state index in [1.807, 2.05) is 17.5 Å². The molecule has 0 fully saturated rings. The Morgan fingerprint density at radius 3 is 2.71 bits per heavy atom. The summed E-state index contributed by atoms with van der Waals surface area (Å²) in [6.45, 7) is -2.93. The minimum absolute atomic E-state index is 0.0189. The largest absolute Gasteiger partial charge is 0.434 e. The molecule has 0 radical (unpaired) electrons. The molecule has 0 bridgehead atoms. The van der Waals surface area contributed by atoms with Crippen molar-refractivity contribution in [3.8, 4) is 28.0 Å². The first-order valence-electron chi connectivity index (χ1n) is 5.75. The summed E-state index contributed by atoms with van der Waals surface area (Å²) in [4.78, 5) is 0.806. The van der Waals surface area contributed by atoms with Gasteiger partial charge in [-0.3, -0.25) is 0 Å². The molecule has 0 unspecified atom stereocenters. The fraction of sp³-hybridized carbons (Fsp3) is 0.0769. The summed E-state index contributed by atoms with van der Waals surface area (Å²) >= 11 is 4.72. The molecule has 1 aromatic carbocycles. The van der Waals surface area contributed by atoms with Crippen molar-refractivity contribution < 1.29 is 17.9 Å². The highest BCUT2D eigenvalue weighted by molar-refractivity contribution is 9.10. The number of rotatable bonds is 4. The SMILES string of the molecule is FC(F)Oc1ccc(Br)cc1-c1nnc(-c2cccs2)o1. The molecule has 0 aliphatic carbocycles. The maximum Gasteiger partial charge on any atom is 0.387 e. The van der Waals surface area contributed by atoms with Crippen molar-refractivity contribution in [2.45, 2.75) is 6.61 Å². The van der Waals surface area contributed by atoms with Crippen LogP contribution in [0.5, 0.6) is 5.75 Å². The monoisotopic (exact) mass is 372 g/mol. The van der Waals surface area contributed by atoms with Crippen LogP contribution in [-0.2, 0) is 0 Å². The van der Waals surface area contributed by atoms with Crippen molar-refractivity contribution in [2.24, 2.45) is 0 Å². The van der Waals surface area contributed by atoms with Crippen molar-refractivity contribution in [1.29, 1.82) is 0 Å². The Balaban J connectivity index is 2.01. The molecule has 3 aromatic rings. The van der Waals surface area contributed by atoms with Gasteiger partial charge in [0.05, 0.1) is 10.4 Å². The van der Waals surface area contributed by atoms with Gasteiger partial charge in [0.25, 0.3) is 11.8 Å². The van der Waals surface area contributed by atoms with Gasteiger partial charge in [-0.05, 0) is 29.6 Å². The zero-order valence-corrected chi connectivity index (χ0v) is 12.7. The second-order valence-corrected chi connectivity index (χ2v) is 5.77. The zero-order chi connectivity index (χ0) is 14.8. The quantitative estimate of drug-likeness (QED) is 0.657. The normalized spacial score (nSPS) is 11.0. The summed E-state index contributed by atoms with van der Waals surface area (Å²) in [6, 6.07) is 8.29. The Morgan fingerprint density at radius 1 is 1.19 bits per heavy atom. The van der Waals surface area contributed by atoms with Crippen molar-refractivity contribution >= 4 is 27.3 Å². The molecule has 8 heteroatoms. The van der Waals surface area contributed by atoms with Crippen LogP contribution >= 0.6 is 27.3 Å². The summed E-state index contributed by atoms with van der Waals surface area (Å²) in [7, 11) is 0. The van der Waals surface area contributed by atoms with Crippen LogP contribution in [0.2, 0.25) is 0 Å². The predicted octanol–water partition coefficient (Wildman–Crippen LogP) is 4.83. The molecule has 0 amide bonds. The van der Waals surface area contributed by atoms with Crippen LogP contribution in [0.4, 0.5) is 8.78 Å². The number of aromatic nitrogens is 2. The van der Waals surface area contributed by atoms with Gasteiger partial charge in [-0.15, -0.1) is 21.5 Å². The van der Waals surface area contributed by atoms with E-state index in [1.54, 1.807) is 12.1 Å². The highest BCUT2D eigenvalue weighted by Gasteiger charge is 2.18. The van der Waals surface area contributed by atoms with E-state index in [0.29, 0.717) is 15.9 Å². The lowest BCUT2D eigenvalue weighted by atomic mass is 10.2. The fourth-order valence-corrected chi connectivity index (χ4v) is 2.71. The van der Waals surface area contributed by atoms with E-state index in [0.717, 1.165) is 4.88 Å². The van der Waals surface area contributed by atoms with Gasteiger partial charge in [0.1, 0.15) is 5.75 Å². The molecule has 3 rings (SSSR count). The molecular formula is C13H7BrF2N2O2S. The minimum Gasteiger partial charge on any atom is -0.434 e. The van der Waals surface area contributed by atoms with Gasteiger partial charge in [0, 0.05) is 4.47 Å². The molecule has 0 N–H and O–H groups in total. The van der Waals surface area contributed by atoms with E-state index in [9.17, 15) is 8.78 Å². The third kappa shape index (κ3) is 3.11. The van der Waals surface area contributed by atoms with Crippen molar-refractivity contribution in [3.05, 3.63) is 40.2 Å². The second-order valence-electron chi connectivity index (χ2n) is 3.91. The summed E-state index contributed by atoms with van der Waals surface area (Å²) in [5.74, 6) is 0.438. The van der Waals surface area contributed by atoms with Crippen LogP contribution < -0.4 is 4.74 Å². The van der Waals surface area contributed by atoms with Crippen LogP contribution in [0, 0.1) is 0 Å². The Labute approximate surface area is 130 Å². The summed E-state index contributed by atoms with van der Waals surface area (Å²) in [5.41, 5.74) is 0.306. The first-order valence-corrected chi connectivity index (χ1v) is 7.43. The van der Waals surface area contributed by atoms with Gasteiger partial charge in [-0.2, -0.15) is 8.78 Å². The highest BCUT2D eigenvalue weighted by Crippen LogP contribution is 2.34. The zero-order valence-electron chi connectivity index (χ0n) is 10.3. The van der Waals surface area contributed by atoms with Gasteiger partial charge in [0.15, 0.2) is 0 Å². The average molecular weight is 373 g/mol. The lowest BCUT2D eigenvalue weighted by Gasteiger charge is -2.08. The first-order chi connectivity index (χ1) is 10.1. The summed E-state index contributed by atoms with van der Waals surface area (Å²) in [6.07, 6.45) is 0. The van der Waals surface area contributed by atoms with Gasteiger partial charge < -0.3 is 9.15 Å². The number of nitrogens with zero attached hydrogens (tertiary/aromatic N) is 2. The maximum atomic E-state index is 12.4. The molecule has 4 nitrogen and oxygen atoms in total. The fourth-order valence-electron chi connectivity index (χ4n) is 1.70. The van der Waals surface area contributed by atoms with Crippen LogP contribution in [0.1, 0.15) is 0 Å². The van der Waals surface area contributed by atoms with E-state index < -0.39 is 6.61 Å². The lowest BCUT2D eigenvalue weighted by molar-refractivity contribution is -0.0495. The highest BCUT2D eigenvalue weighted by atomic mass is 79.9. The average Bonchev–Trinajstić information content (AvgIpc) is 3.09. The Hall–Kier alpha value is -1.80. The molecule has 2 heterocycles. The topological polar surface area (TPSA) is 48.2 Å². The number of thiophene rings is 1.